The molecule has 1 unspecified atom stereocenters. The average Bonchev–Trinajstić information content (AvgIpc) is 3.07. The minimum Gasteiger partial charge on any atom is -0.396 e. The number of fused-ring (bicyclic) bond motifs is 5. The number of allylic oxidation sites excluding steroid dienone is 2. The smallest absolute Gasteiger partial charge is 0.0433 e. The number of rotatable bonds is 7. The van der Waals surface area contributed by atoms with Crippen molar-refractivity contribution in [3.63, 3.8) is 0 Å². The summed E-state index contributed by atoms with van der Waals surface area (Å²) in [6.07, 6.45) is 19.6. The fourth-order valence-electron chi connectivity index (χ4n) is 9.17. The standard InChI is InChI=1S/C29H50O/c1-20(2)22(16-19-30)10-9-21(3)25-13-14-26-24-12-11-23-8-6-7-17-28(23,4)27(24)15-18-29(25,26)5/h14,20-25,27,30H,6-13,15-19H2,1-5H3/t21-,22+,23?,24+,25-,27+,28+,29-/m1/s1. The lowest BCUT2D eigenvalue weighted by Gasteiger charge is -2.59. The Kier molecular flexibility index (Phi) is 6.80. The Morgan fingerprint density at radius 3 is 2.50 bits per heavy atom. The zero-order valence-electron chi connectivity index (χ0n) is 20.8. The van der Waals surface area contributed by atoms with Gasteiger partial charge < -0.3 is 5.11 Å². The van der Waals surface area contributed by atoms with E-state index >= 15 is 0 Å². The number of aliphatic hydroxyl groups excluding tert-OH is 1. The molecule has 3 saturated carbocycles. The summed E-state index contributed by atoms with van der Waals surface area (Å²) in [5.41, 5.74) is 3.03. The van der Waals surface area contributed by atoms with Crippen molar-refractivity contribution in [2.45, 2.75) is 112 Å². The predicted molar refractivity (Wildman–Crippen MR) is 128 cm³/mol. The predicted octanol–water partition coefficient (Wildman–Crippen LogP) is 8.03. The van der Waals surface area contributed by atoms with Crippen LogP contribution in [0.5, 0.6) is 0 Å². The van der Waals surface area contributed by atoms with Crippen molar-refractivity contribution in [2.24, 2.45) is 52.3 Å². The van der Waals surface area contributed by atoms with Gasteiger partial charge in [0.2, 0.25) is 0 Å². The van der Waals surface area contributed by atoms with E-state index in [-0.39, 0.29) is 0 Å². The van der Waals surface area contributed by atoms with Gasteiger partial charge in [-0.1, -0.05) is 65.5 Å². The quantitative estimate of drug-likeness (QED) is 0.418. The first-order chi connectivity index (χ1) is 14.3. The van der Waals surface area contributed by atoms with E-state index in [0.29, 0.717) is 29.3 Å². The maximum absolute atomic E-state index is 9.46. The van der Waals surface area contributed by atoms with Crippen LogP contribution in [0.4, 0.5) is 0 Å². The highest BCUT2D eigenvalue weighted by Gasteiger charge is 2.57. The molecule has 4 rings (SSSR count). The molecule has 0 heterocycles. The molecule has 0 saturated heterocycles. The van der Waals surface area contributed by atoms with Gasteiger partial charge in [0.15, 0.2) is 0 Å². The summed E-state index contributed by atoms with van der Waals surface area (Å²) in [5.74, 6) is 5.94. The molecule has 4 aliphatic rings. The molecule has 8 atom stereocenters. The van der Waals surface area contributed by atoms with Crippen molar-refractivity contribution in [1.82, 2.24) is 0 Å². The first-order valence-electron chi connectivity index (χ1n) is 13.6. The van der Waals surface area contributed by atoms with E-state index in [4.69, 9.17) is 0 Å². The Morgan fingerprint density at radius 2 is 1.77 bits per heavy atom. The molecule has 3 fully saturated rings. The van der Waals surface area contributed by atoms with Crippen molar-refractivity contribution in [2.75, 3.05) is 6.61 Å². The van der Waals surface area contributed by atoms with Crippen LogP contribution in [0.1, 0.15) is 112 Å². The van der Waals surface area contributed by atoms with Gasteiger partial charge in [-0.25, -0.2) is 0 Å². The Hall–Kier alpha value is -0.300. The van der Waals surface area contributed by atoms with Crippen LogP contribution in [0.15, 0.2) is 11.6 Å². The highest BCUT2D eigenvalue weighted by Crippen LogP contribution is 2.66. The van der Waals surface area contributed by atoms with Gasteiger partial charge in [0.05, 0.1) is 0 Å². The molecule has 1 heteroatoms. The molecule has 0 bridgehead atoms. The summed E-state index contributed by atoms with van der Waals surface area (Å²) in [6.45, 7) is 12.9. The van der Waals surface area contributed by atoms with Gasteiger partial charge in [0, 0.05) is 6.61 Å². The second-order valence-corrected chi connectivity index (χ2v) is 12.8. The van der Waals surface area contributed by atoms with Crippen LogP contribution >= 0.6 is 0 Å². The third-order valence-corrected chi connectivity index (χ3v) is 11.2. The van der Waals surface area contributed by atoms with Crippen molar-refractivity contribution in [3.05, 3.63) is 11.6 Å². The van der Waals surface area contributed by atoms with E-state index in [1.54, 1.807) is 0 Å². The molecule has 0 amide bonds. The zero-order valence-corrected chi connectivity index (χ0v) is 20.8. The second-order valence-electron chi connectivity index (χ2n) is 12.8. The lowest BCUT2D eigenvalue weighted by atomic mass is 9.45. The largest absolute Gasteiger partial charge is 0.396 e. The molecule has 1 N–H and O–H groups in total. The number of aliphatic hydroxyl groups is 1. The van der Waals surface area contributed by atoms with Gasteiger partial charge in [0.1, 0.15) is 0 Å². The molecule has 1 nitrogen and oxygen atoms in total. The highest BCUT2D eigenvalue weighted by molar-refractivity contribution is 5.30. The molecule has 0 aromatic rings. The molecule has 30 heavy (non-hydrogen) atoms. The molecular formula is C29H50O. The topological polar surface area (TPSA) is 20.2 Å². The van der Waals surface area contributed by atoms with E-state index < -0.39 is 0 Å². The van der Waals surface area contributed by atoms with Crippen LogP contribution in [0.2, 0.25) is 0 Å². The summed E-state index contributed by atoms with van der Waals surface area (Å²) in [4.78, 5) is 0. The van der Waals surface area contributed by atoms with Gasteiger partial charge in [-0.05, 0) is 110 Å². The fraction of sp³-hybridized carbons (Fsp3) is 0.931. The lowest BCUT2D eigenvalue weighted by molar-refractivity contribution is -0.0585. The van der Waals surface area contributed by atoms with E-state index in [1.165, 1.54) is 70.6 Å². The second kappa shape index (κ2) is 8.92. The van der Waals surface area contributed by atoms with Gasteiger partial charge in [-0.3, -0.25) is 0 Å². The van der Waals surface area contributed by atoms with Gasteiger partial charge >= 0.3 is 0 Å². The van der Waals surface area contributed by atoms with E-state index in [2.05, 4.69) is 40.7 Å². The Morgan fingerprint density at radius 1 is 0.967 bits per heavy atom. The summed E-state index contributed by atoms with van der Waals surface area (Å²) in [6, 6.07) is 0. The first kappa shape index (κ1) is 22.9. The summed E-state index contributed by atoms with van der Waals surface area (Å²) in [5, 5.41) is 9.46. The van der Waals surface area contributed by atoms with E-state index in [0.717, 1.165) is 36.0 Å². The lowest BCUT2D eigenvalue weighted by Crippen LogP contribution is -2.50. The molecule has 0 aromatic carbocycles. The molecule has 0 aromatic heterocycles. The number of hydrogen-bond donors (Lipinski definition) is 1. The first-order valence-corrected chi connectivity index (χ1v) is 13.6. The van der Waals surface area contributed by atoms with Crippen LogP contribution in [0.3, 0.4) is 0 Å². The van der Waals surface area contributed by atoms with E-state index in [1.807, 2.05) is 5.57 Å². The highest BCUT2D eigenvalue weighted by atomic mass is 16.3. The average molecular weight is 415 g/mol. The zero-order chi connectivity index (χ0) is 21.5. The molecule has 172 valence electrons. The SMILES string of the molecule is CC(C)[C@H](CCO)CC[C@@H](C)[C@H]1CC=C2[C@@H]3CCC4CCCC[C@]4(C)[C@H]3CC[C@@]21C. The van der Waals surface area contributed by atoms with Gasteiger partial charge in [-0.2, -0.15) is 0 Å². The molecule has 0 spiro atoms. The molecule has 0 radical (unpaired) electrons. The maximum Gasteiger partial charge on any atom is 0.0433 e. The minimum atomic E-state index is 0.354. The van der Waals surface area contributed by atoms with Crippen LogP contribution < -0.4 is 0 Å². The van der Waals surface area contributed by atoms with Crippen molar-refractivity contribution in [1.29, 1.82) is 0 Å². The third-order valence-electron chi connectivity index (χ3n) is 11.2. The summed E-state index contributed by atoms with van der Waals surface area (Å²) >= 11 is 0. The third kappa shape index (κ3) is 3.84. The summed E-state index contributed by atoms with van der Waals surface area (Å²) in [7, 11) is 0. The van der Waals surface area contributed by atoms with Crippen LogP contribution in [-0.4, -0.2) is 11.7 Å². The molecule has 4 aliphatic carbocycles. The summed E-state index contributed by atoms with van der Waals surface area (Å²) < 4.78 is 0. The van der Waals surface area contributed by atoms with Crippen molar-refractivity contribution >= 4 is 0 Å². The van der Waals surface area contributed by atoms with Crippen molar-refractivity contribution < 1.29 is 5.11 Å². The Balaban J connectivity index is 1.44. The fourth-order valence-corrected chi connectivity index (χ4v) is 9.17. The normalized spacial score (nSPS) is 42.8. The monoisotopic (exact) mass is 414 g/mol. The van der Waals surface area contributed by atoms with Crippen LogP contribution in [0.25, 0.3) is 0 Å². The Bertz CT molecular complexity index is 620. The van der Waals surface area contributed by atoms with Gasteiger partial charge in [-0.15, -0.1) is 0 Å². The number of hydrogen-bond acceptors (Lipinski definition) is 1. The molecule has 0 aliphatic heterocycles. The van der Waals surface area contributed by atoms with Crippen molar-refractivity contribution in [3.8, 4) is 0 Å². The van der Waals surface area contributed by atoms with E-state index in [9.17, 15) is 5.11 Å². The van der Waals surface area contributed by atoms with Crippen LogP contribution in [0, 0.1) is 52.3 Å². The maximum atomic E-state index is 9.46. The van der Waals surface area contributed by atoms with Gasteiger partial charge in [0.25, 0.3) is 0 Å². The Labute approximate surface area is 187 Å². The molecular weight excluding hydrogens is 364 g/mol. The minimum absolute atomic E-state index is 0.354. The van der Waals surface area contributed by atoms with Crippen LogP contribution in [-0.2, 0) is 0 Å².